The summed E-state index contributed by atoms with van der Waals surface area (Å²) in [5, 5.41) is 10.1. The molecule has 3 nitrogen and oxygen atoms in total. The van der Waals surface area contributed by atoms with Gasteiger partial charge >= 0.3 is 0 Å². The van der Waals surface area contributed by atoms with E-state index >= 15 is 0 Å². The Balaban J connectivity index is 1.66. The van der Waals surface area contributed by atoms with Crippen LogP contribution < -0.4 is 0 Å². The molecule has 0 aromatic carbocycles. The first kappa shape index (κ1) is 16.3. The molecule has 2 heterocycles. The minimum absolute atomic E-state index is 0.0200. The van der Waals surface area contributed by atoms with Crippen LogP contribution in [0.2, 0.25) is 0 Å². The second-order valence-corrected chi connectivity index (χ2v) is 7.84. The molecule has 1 atom stereocenters. The highest BCUT2D eigenvalue weighted by molar-refractivity contribution is 4.82. The first-order chi connectivity index (χ1) is 9.47. The minimum Gasteiger partial charge on any atom is -0.393 e. The van der Waals surface area contributed by atoms with Gasteiger partial charge in [0.2, 0.25) is 0 Å². The molecule has 0 amide bonds. The predicted molar refractivity (Wildman–Crippen MR) is 85.0 cm³/mol. The quantitative estimate of drug-likeness (QED) is 0.859. The lowest BCUT2D eigenvalue weighted by atomic mass is 9.87. The number of rotatable bonds is 4. The van der Waals surface area contributed by atoms with E-state index in [1.165, 1.54) is 58.3 Å². The van der Waals surface area contributed by atoms with Crippen LogP contribution >= 0.6 is 0 Å². The number of hydrogen-bond acceptors (Lipinski definition) is 3. The van der Waals surface area contributed by atoms with Gasteiger partial charge in [-0.25, -0.2) is 0 Å². The van der Waals surface area contributed by atoms with Crippen molar-refractivity contribution in [1.82, 2.24) is 9.80 Å². The summed E-state index contributed by atoms with van der Waals surface area (Å²) in [5.41, 5.74) is 0.0200. The Hall–Kier alpha value is -0.120. The Kier molecular flexibility index (Phi) is 5.88. The molecule has 2 saturated heterocycles. The van der Waals surface area contributed by atoms with Gasteiger partial charge in [0.1, 0.15) is 0 Å². The number of aliphatic hydroxyl groups is 1. The van der Waals surface area contributed by atoms with Gasteiger partial charge in [-0.2, -0.15) is 0 Å². The zero-order valence-electron chi connectivity index (χ0n) is 13.8. The average Bonchev–Trinajstić information content (AvgIpc) is 2.45. The van der Waals surface area contributed by atoms with E-state index in [0.717, 1.165) is 19.0 Å². The SMILES string of the molecule is CC(C)(C)C(O)CCN1CCC(N2CCCCC2)CC1. The molecule has 2 aliphatic heterocycles. The average molecular weight is 282 g/mol. The van der Waals surface area contributed by atoms with Gasteiger partial charge in [0.15, 0.2) is 0 Å². The fraction of sp³-hybridized carbons (Fsp3) is 1.00. The molecule has 20 heavy (non-hydrogen) atoms. The lowest BCUT2D eigenvalue weighted by molar-refractivity contribution is 0.0364. The third kappa shape index (κ3) is 4.71. The highest BCUT2D eigenvalue weighted by Gasteiger charge is 2.27. The van der Waals surface area contributed by atoms with Crippen LogP contribution in [0, 0.1) is 5.41 Å². The minimum atomic E-state index is -0.178. The predicted octanol–water partition coefficient (Wildman–Crippen LogP) is 2.73. The summed E-state index contributed by atoms with van der Waals surface area (Å²) in [4.78, 5) is 5.28. The summed E-state index contributed by atoms with van der Waals surface area (Å²) in [6, 6.07) is 0.832. The van der Waals surface area contributed by atoms with Crippen molar-refractivity contribution in [2.75, 3.05) is 32.7 Å². The summed E-state index contributed by atoms with van der Waals surface area (Å²) < 4.78 is 0. The lowest BCUT2D eigenvalue weighted by Gasteiger charge is -2.40. The summed E-state index contributed by atoms with van der Waals surface area (Å²) in [7, 11) is 0. The molecule has 0 aromatic heterocycles. The van der Waals surface area contributed by atoms with E-state index < -0.39 is 0 Å². The zero-order chi connectivity index (χ0) is 14.6. The Morgan fingerprint density at radius 1 is 1.00 bits per heavy atom. The van der Waals surface area contributed by atoms with Crippen LogP contribution in [0.1, 0.15) is 59.3 Å². The lowest BCUT2D eigenvalue weighted by Crippen LogP contribution is -2.47. The van der Waals surface area contributed by atoms with Crippen molar-refractivity contribution >= 4 is 0 Å². The van der Waals surface area contributed by atoms with Crippen molar-refractivity contribution in [3.05, 3.63) is 0 Å². The van der Waals surface area contributed by atoms with Crippen LogP contribution in [0.3, 0.4) is 0 Å². The summed E-state index contributed by atoms with van der Waals surface area (Å²) in [5.74, 6) is 0. The highest BCUT2D eigenvalue weighted by atomic mass is 16.3. The van der Waals surface area contributed by atoms with Crippen LogP contribution in [0.4, 0.5) is 0 Å². The molecule has 2 aliphatic rings. The molecule has 0 aliphatic carbocycles. The third-order valence-corrected chi connectivity index (χ3v) is 5.18. The summed E-state index contributed by atoms with van der Waals surface area (Å²) in [6.45, 7) is 12.5. The molecule has 0 aromatic rings. The standard InChI is InChI=1S/C17H34N2O/c1-17(2,3)16(20)9-14-18-12-7-15(8-13-18)19-10-5-4-6-11-19/h15-16,20H,4-14H2,1-3H3. The number of aliphatic hydroxyl groups excluding tert-OH is 1. The van der Waals surface area contributed by atoms with Crippen LogP contribution in [-0.2, 0) is 0 Å². The van der Waals surface area contributed by atoms with Crippen molar-refractivity contribution in [3.8, 4) is 0 Å². The van der Waals surface area contributed by atoms with E-state index in [2.05, 4.69) is 30.6 Å². The maximum Gasteiger partial charge on any atom is 0.0600 e. The monoisotopic (exact) mass is 282 g/mol. The Bertz CT molecular complexity index is 273. The van der Waals surface area contributed by atoms with Crippen molar-refractivity contribution in [2.45, 2.75) is 71.4 Å². The van der Waals surface area contributed by atoms with Gasteiger partial charge in [-0.15, -0.1) is 0 Å². The molecule has 0 radical (unpaired) electrons. The highest BCUT2D eigenvalue weighted by Crippen LogP contribution is 2.24. The maximum absolute atomic E-state index is 10.1. The molecule has 0 bridgehead atoms. The molecule has 0 saturated carbocycles. The summed E-state index contributed by atoms with van der Waals surface area (Å²) in [6.07, 6.45) is 7.62. The molecule has 2 rings (SSSR count). The molecular weight excluding hydrogens is 248 g/mol. The maximum atomic E-state index is 10.1. The fourth-order valence-corrected chi connectivity index (χ4v) is 3.53. The Morgan fingerprint density at radius 3 is 2.15 bits per heavy atom. The Labute approximate surface area is 125 Å². The van der Waals surface area contributed by atoms with Crippen molar-refractivity contribution in [2.24, 2.45) is 5.41 Å². The summed E-state index contributed by atoms with van der Waals surface area (Å²) >= 11 is 0. The number of nitrogens with zero attached hydrogens (tertiary/aromatic N) is 2. The fourth-order valence-electron chi connectivity index (χ4n) is 3.53. The van der Waals surface area contributed by atoms with Crippen molar-refractivity contribution < 1.29 is 5.11 Å². The molecule has 1 N–H and O–H groups in total. The van der Waals surface area contributed by atoms with Crippen LogP contribution in [0.5, 0.6) is 0 Å². The number of likely N-dealkylation sites (tertiary alicyclic amines) is 2. The molecule has 3 heteroatoms. The van der Waals surface area contributed by atoms with Crippen molar-refractivity contribution in [3.63, 3.8) is 0 Å². The number of piperidine rings is 2. The van der Waals surface area contributed by atoms with E-state index in [1.807, 2.05) is 0 Å². The second-order valence-electron chi connectivity index (χ2n) is 7.84. The smallest absolute Gasteiger partial charge is 0.0600 e. The van der Waals surface area contributed by atoms with Crippen molar-refractivity contribution in [1.29, 1.82) is 0 Å². The van der Waals surface area contributed by atoms with E-state index in [0.29, 0.717) is 0 Å². The zero-order valence-corrected chi connectivity index (χ0v) is 13.8. The first-order valence-electron chi connectivity index (χ1n) is 8.61. The largest absolute Gasteiger partial charge is 0.393 e. The first-order valence-corrected chi connectivity index (χ1v) is 8.61. The topological polar surface area (TPSA) is 26.7 Å². The Morgan fingerprint density at radius 2 is 1.60 bits per heavy atom. The van der Waals surface area contributed by atoms with Gasteiger partial charge in [0.25, 0.3) is 0 Å². The van der Waals surface area contributed by atoms with E-state index in [4.69, 9.17) is 0 Å². The van der Waals surface area contributed by atoms with Gasteiger partial charge in [0.05, 0.1) is 6.10 Å². The van der Waals surface area contributed by atoms with E-state index in [1.54, 1.807) is 0 Å². The normalized spacial score (nSPS) is 25.8. The van der Waals surface area contributed by atoms with Crippen LogP contribution in [-0.4, -0.2) is 59.8 Å². The van der Waals surface area contributed by atoms with Gasteiger partial charge in [-0.3, -0.25) is 0 Å². The van der Waals surface area contributed by atoms with E-state index in [9.17, 15) is 5.11 Å². The second kappa shape index (κ2) is 7.24. The molecule has 118 valence electrons. The third-order valence-electron chi connectivity index (χ3n) is 5.18. The van der Waals surface area contributed by atoms with Crippen LogP contribution in [0.15, 0.2) is 0 Å². The molecular formula is C17H34N2O. The van der Waals surface area contributed by atoms with Gasteiger partial charge < -0.3 is 14.9 Å². The number of hydrogen-bond donors (Lipinski definition) is 1. The van der Waals surface area contributed by atoms with Gasteiger partial charge in [-0.1, -0.05) is 27.2 Å². The molecule has 0 spiro atoms. The van der Waals surface area contributed by atoms with Crippen LogP contribution in [0.25, 0.3) is 0 Å². The van der Waals surface area contributed by atoms with E-state index in [-0.39, 0.29) is 11.5 Å². The van der Waals surface area contributed by atoms with Gasteiger partial charge in [-0.05, 0) is 63.7 Å². The van der Waals surface area contributed by atoms with Gasteiger partial charge in [0, 0.05) is 12.6 Å². The molecule has 2 fully saturated rings. The molecule has 1 unspecified atom stereocenters.